The van der Waals surface area contributed by atoms with Crippen LogP contribution in [0.25, 0.3) is 0 Å². The summed E-state index contributed by atoms with van der Waals surface area (Å²) in [6, 6.07) is 7.22. The van der Waals surface area contributed by atoms with Crippen LogP contribution in [-0.4, -0.2) is 36.4 Å². The molecule has 0 aromatic heterocycles. The highest BCUT2D eigenvalue weighted by atomic mass is 32.2. The summed E-state index contributed by atoms with van der Waals surface area (Å²) < 4.78 is 0. The maximum atomic E-state index is 11.5. The van der Waals surface area contributed by atoms with E-state index in [1.165, 1.54) is 11.8 Å². The van der Waals surface area contributed by atoms with Crippen LogP contribution in [0.3, 0.4) is 0 Å². The first-order valence-electron chi connectivity index (χ1n) is 5.09. The van der Waals surface area contributed by atoms with Gasteiger partial charge in [-0.25, -0.2) is 0 Å². The van der Waals surface area contributed by atoms with Crippen molar-refractivity contribution in [1.82, 2.24) is 4.90 Å². The largest absolute Gasteiger partial charge is 0.345 e. The Kier molecular flexibility index (Phi) is 5.05. The van der Waals surface area contributed by atoms with Crippen LogP contribution < -0.4 is 0 Å². The number of nitrogens with zero attached hydrogens (tertiary/aromatic N) is 1. The van der Waals surface area contributed by atoms with Crippen LogP contribution >= 0.6 is 11.8 Å². The highest BCUT2D eigenvalue weighted by Gasteiger charge is 2.06. The van der Waals surface area contributed by atoms with E-state index in [0.717, 1.165) is 17.7 Å². The van der Waals surface area contributed by atoms with Gasteiger partial charge in [0.25, 0.3) is 0 Å². The average Bonchev–Trinajstić information content (AvgIpc) is 2.35. The molecule has 0 aliphatic carbocycles. The van der Waals surface area contributed by atoms with Gasteiger partial charge in [-0.1, -0.05) is 12.1 Å². The number of rotatable bonds is 5. The van der Waals surface area contributed by atoms with Crippen molar-refractivity contribution in [2.75, 3.05) is 19.3 Å². The fourth-order valence-corrected chi connectivity index (χ4v) is 1.91. The molecule has 1 rings (SSSR count). The van der Waals surface area contributed by atoms with Crippen molar-refractivity contribution < 1.29 is 9.59 Å². The zero-order valence-electron chi connectivity index (χ0n) is 9.47. The molecule has 0 saturated carbocycles. The lowest BCUT2D eigenvalue weighted by Gasteiger charge is -2.13. The topological polar surface area (TPSA) is 37.4 Å². The molecule has 0 radical (unpaired) electrons. The van der Waals surface area contributed by atoms with Crippen molar-refractivity contribution in [3.05, 3.63) is 29.8 Å². The maximum Gasteiger partial charge on any atom is 0.232 e. The fraction of sp³-hybridized carbons (Fsp3) is 0.333. The summed E-state index contributed by atoms with van der Waals surface area (Å²) in [5.41, 5.74) is 0.654. The molecule has 0 aliphatic rings. The van der Waals surface area contributed by atoms with E-state index in [4.69, 9.17) is 0 Å². The predicted octanol–water partition coefficient (Wildman–Crippen LogP) is 2.07. The van der Waals surface area contributed by atoms with E-state index in [0.29, 0.717) is 11.3 Å². The smallest absolute Gasteiger partial charge is 0.232 e. The number of amides is 1. The quantitative estimate of drug-likeness (QED) is 0.581. The van der Waals surface area contributed by atoms with Gasteiger partial charge in [0.1, 0.15) is 6.29 Å². The summed E-state index contributed by atoms with van der Waals surface area (Å²) in [5.74, 6) is 0.553. The predicted molar refractivity (Wildman–Crippen MR) is 65.9 cm³/mol. The van der Waals surface area contributed by atoms with Crippen molar-refractivity contribution in [2.24, 2.45) is 0 Å². The zero-order valence-corrected chi connectivity index (χ0v) is 10.3. The van der Waals surface area contributed by atoms with Gasteiger partial charge in [-0.15, -0.1) is 11.8 Å². The summed E-state index contributed by atoms with van der Waals surface area (Å²) in [5, 5.41) is 0. The molecule has 0 heterocycles. The minimum Gasteiger partial charge on any atom is -0.345 e. The Morgan fingerprint density at radius 3 is 2.50 bits per heavy atom. The molecule has 0 atom stereocenters. The third kappa shape index (κ3) is 3.70. The molecule has 0 unspecified atom stereocenters. The Morgan fingerprint density at radius 1 is 1.38 bits per heavy atom. The molecule has 4 heteroatoms. The van der Waals surface area contributed by atoms with Crippen molar-refractivity contribution in [1.29, 1.82) is 0 Å². The van der Waals surface area contributed by atoms with Crippen LogP contribution in [0.15, 0.2) is 29.2 Å². The molecule has 1 aromatic carbocycles. The molecule has 86 valence electrons. The second-order valence-electron chi connectivity index (χ2n) is 3.38. The molecule has 1 aromatic rings. The number of benzene rings is 1. The fourth-order valence-electron chi connectivity index (χ4n) is 1.07. The molecular weight excluding hydrogens is 222 g/mol. The average molecular weight is 237 g/mol. The van der Waals surface area contributed by atoms with E-state index in [-0.39, 0.29) is 5.91 Å². The lowest BCUT2D eigenvalue weighted by atomic mass is 10.2. The summed E-state index contributed by atoms with van der Waals surface area (Å²) in [7, 11) is 1.79. The van der Waals surface area contributed by atoms with E-state index in [1.54, 1.807) is 24.1 Å². The van der Waals surface area contributed by atoms with E-state index < -0.39 is 0 Å². The van der Waals surface area contributed by atoms with Crippen LogP contribution in [0.2, 0.25) is 0 Å². The summed E-state index contributed by atoms with van der Waals surface area (Å²) in [6.45, 7) is 2.67. The van der Waals surface area contributed by atoms with Gasteiger partial charge in [-0.2, -0.15) is 0 Å². The van der Waals surface area contributed by atoms with E-state index in [9.17, 15) is 9.59 Å². The van der Waals surface area contributed by atoms with Crippen LogP contribution in [-0.2, 0) is 4.79 Å². The van der Waals surface area contributed by atoms with Crippen molar-refractivity contribution in [3.63, 3.8) is 0 Å². The Balaban J connectivity index is 2.48. The van der Waals surface area contributed by atoms with Crippen molar-refractivity contribution in [3.8, 4) is 0 Å². The Bertz CT molecular complexity index is 362. The lowest BCUT2D eigenvalue weighted by Crippen LogP contribution is -2.27. The van der Waals surface area contributed by atoms with Gasteiger partial charge >= 0.3 is 0 Å². The Morgan fingerprint density at radius 2 is 2.00 bits per heavy atom. The van der Waals surface area contributed by atoms with Crippen LogP contribution in [0.5, 0.6) is 0 Å². The van der Waals surface area contributed by atoms with Gasteiger partial charge in [0, 0.05) is 24.1 Å². The van der Waals surface area contributed by atoms with Crippen LogP contribution in [0.4, 0.5) is 0 Å². The number of thioether (sulfide) groups is 1. The Labute approximate surface area is 99.8 Å². The first-order chi connectivity index (χ1) is 7.67. The van der Waals surface area contributed by atoms with E-state index >= 15 is 0 Å². The SMILES string of the molecule is CCN(C)C(=O)CSc1ccc(C=O)cc1. The molecule has 3 nitrogen and oxygen atoms in total. The molecule has 0 fully saturated rings. The third-order valence-electron chi connectivity index (χ3n) is 2.28. The number of carbonyl (C=O) groups excluding carboxylic acids is 2. The highest BCUT2D eigenvalue weighted by molar-refractivity contribution is 8.00. The number of aldehydes is 1. The summed E-state index contributed by atoms with van der Waals surface area (Å²) in [6.07, 6.45) is 0.810. The zero-order chi connectivity index (χ0) is 12.0. The molecule has 0 spiro atoms. The number of hydrogen-bond donors (Lipinski definition) is 0. The molecule has 16 heavy (non-hydrogen) atoms. The van der Waals surface area contributed by atoms with Crippen LogP contribution in [0.1, 0.15) is 17.3 Å². The molecule has 0 aliphatic heterocycles. The van der Waals surface area contributed by atoms with E-state index in [1.807, 2.05) is 19.1 Å². The molecule has 1 amide bonds. The summed E-state index contributed by atoms with van der Waals surface area (Å²) in [4.78, 5) is 24.7. The molecule has 0 N–H and O–H groups in total. The lowest BCUT2D eigenvalue weighted by molar-refractivity contribution is -0.126. The maximum absolute atomic E-state index is 11.5. The van der Waals surface area contributed by atoms with Gasteiger partial charge in [0.15, 0.2) is 0 Å². The van der Waals surface area contributed by atoms with E-state index in [2.05, 4.69) is 0 Å². The molecule has 0 bridgehead atoms. The second kappa shape index (κ2) is 6.33. The van der Waals surface area contributed by atoms with Crippen molar-refractivity contribution >= 4 is 24.0 Å². The second-order valence-corrected chi connectivity index (χ2v) is 4.43. The number of hydrogen-bond acceptors (Lipinski definition) is 3. The third-order valence-corrected chi connectivity index (χ3v) is 3.28. The Hall–Kier alpha value is -1.29. The minimum atomic E-state index is 0.118. The van der Waals surface area contributed by atoms with Crippen molar-refractivity contribution in [2.45, 2.75) is 11.8 Å². The normalized spacial score (nSPS) is 9.88. The van der Waals surface area contributed by atoms with Gasteiger partial charge in [-0.05, 0) is 19.1 Å². The molecule has 0 saturated heterocycles. The number of carbonyl (C=O) groups is 2. The van der Waals surface area contributed by atoms with Gasteiger partial charge in [0.05, 0.1) is 5.75 Å². The first kappa shape index (κ1) is 12.8. The summed E-state index contributed by atoms with van der Waals surface area (Å²) >= 11 is 1.48. The van der Waals surface area contributed by atoms with Gasteiger partial charge in [0.2, 0.25) is 5.91 Å². The molecular formula is C12H15NO2S. The van der Waals surface area contributed by atoms with Gasteiger partial charge in [-0.3, -0.25) is 9.59 Å². The first-order valence-corrected chi connectivity index (χ1v) is 6.08. The van der Waals surface area contributed by atoms with Gasteiger partial charge < -0.3 is 4.90 Å². The monoisotopic (exact) mass is 237 g/mol. The van der Waals surface area contributed by atoms with Crippen LogP contribution in [0, 0.1) is 0 Å². The minimum absolute atomic E-state index is 0.118. The highest BCUT2D eigenvalue weighted by Crippen LogP contribution is 2.18. The standard InChI is InChI=1S/C12H15NO2S/c1-3-13(2)12(15)9-16-11-6-4-10(8-14)5-7-11/h4-8H,3,9H2,1-2H3.